The molecule has 0 saturated carbocycles. The monoisotopic (exact) mass is 507 g/mol. The number of benzene rings is 1. The number of carbonyl (C=O) groups is 1. The average Bonchev–Trinajstić information content (AvgIpc) is 2.69. The summed E-state index contributed by atoms with van der Waals surface area (Å²) in [6.45, 7) is 12.9. The van der Waals surface area contributed by atoms with Crippen LogP contribution in [-0.2, 0) is 19.0 Å². The van der Waals surface area contributed by atoms with Gasteiger partial charge in [0, 0.05) is 37.4 Å². The number of hydrogen-bond acceptors (Lipinski definition) is 6. The van der Waals surface area contributed by atoms with Gasteiger partial charge in [0.15, 0.2) is 0 Å². The lowest BCUT2D eigenvalue weighted by Gasteiger charge is -2.51. The molecule has 1 saturated heterocycles. The third-order valence-electron chi connectivity index (χ3n) is 6.80. The average molecular weight is 508 g/mol. The highest BCUT2D eigenvalue weighted by Gasteiger charge is 2.55. The fourth-order valence-corrected chi connectivity index (χ4v) is 5.21. The number of likely N-dealkylation sites (tertiary alicyclic amines) is 1. The second-order valence-electron chi connectivity index (χ2n) is 10.2. The Bertz CT molecular complexity index is 1070. The van der Waals surface area contributed by atoms with Crippen LogP contribution in [0.1, 0.15) is 68.9 Å². The Balaban J connectivity index is 1.99. The van der Waals surface area contributed by atoms with Crippen LogP contribution < -0.4 is 4.74 Å². The Kier molecular flexibility index (Phi) is 6.71. The van der Waals surface area contributed by atoms with E-state index in [1.165, 1.54) is 4.90 Å². The number of nitrogens with zero attached hydrogens (tertiary/aromatic N) is 1. The number of rotatable bonds is 2. The van der Waals surface area contributed by atoms with Gasteiger partial charge in [0.25, 0.3) is 0 Å². The van der Waals surface area contributed by atoms with E-state index < -0.39 is 44.9 Å². The predicted molar refractivity (Wildman–Crippen MR) is 119 cm³/mol. The molecule has 2 aliphatic rings. The second kappa shape index (κ2) is 8.58. The fourth-order valence-electron chi connectivity index (χ4n) is 4.56. The lowest BCUT2D eigenvalue weighted by molar-refractivity contribution is -0.102. The van der Waals surface area contributed by atoms with Gasteiger partial charge in [-0.2, -0.15) is 21.6 Å². The number of ether oxygens (including phenoxy) is 2. The summed E-state index contributed by atoms with van der Waals surface area (Å²) >= 11 is 0. The molecule has 1 amide bonds. The van der Waals surface area contributed by atoms with Gasteiger partial charge in [-0.25, -0.2) is 4.79 Å². The number of aryl methyl sites for hydroxylation is 1. The first-order chi connectivity index (χ1) is 15.4. The molecule has 0 radical (unpaired) electrons. The highest BCUT2D eigenvalue weighted by molar-refractivity contribution is 7.87. The number of piperidine rings is 1. The normalized spacial score (nSPS) is 22.8. The molecule has 1 aromatic rings. The maximum atomic E-state index is 13.2. The molecule has 2 unspecified atom stereocenters. The molecule has 7 nitrogen and oxygen atoms in total. The zero-order chi connectivity index (χ0) is 25.9. The zero-order valence-corrected chi connectivity index (χ0v) is 21.3. The van der Waals surface area contributed by atoms with Gasteiger partial charge in [-0.05, 0) is 64.3 Å². The van der Waals surface area contributed by atoms with Gasteiger partial charge in [0.05, 0.1) is 0 Å². The number of hydrogen-bond donors (Lipinski definition) is 0. The number of carbonyl (C=O) groups excluding carboxylic acids is 1. The minimum atomic E-state index is -5.85. The molecule has 2 heterocycles. The van der Waals surface area contributed by atoms with Crippen LogP contribution in [0.5, 0.6) is 5.75 Å². The minimum absolute atomic E-state index is 0.247. The molecular formula is C23H32F3NO6S. The quantitative estimate of drug-likeness (QED) is 0.398. The standard InChI is InChI=1S/C23H32F3NO6S/c1-13-12-17-18(15(3)14(13)2)31-22(16(4)19(17)33-34(29,30)23(24,25)26)8-10-27(11-9-22)20(28)32-21(5,6)7/h12,16,19H,8-11H2,1-7H3. The van der Waals surface area contributed by atoms with E-state index in [0.29, 0.717) is 11.3 Å². The zero-order valence-electron chi connectivity index (χ0n) is 20.5. The number of fused-ring (bicyclic) bond motifs is 1. The summed E-state index contributed by atoms with van der Waals surface area (Å²) in [6.07, 6.45) is -1.31. The number of alkyl halides is 3. The number of amides is 1. The van der Waals surface area contributed by atoms with Crippen molar-refractivity contribution in [2.75, 3.05) is 13.1 Å². The van der Waals surface area contributed by atoms with Gasteiger partial charge in [0.2, 0.25) is 0 Å². The summed E-state index contributed by atoms with van der Waals surface area (Å²) in [6, 6.07) is 1.63. The van der Waals surface area contributed by atoms with E-state index in [-0.39, 0.29) is 31.5 Å². The molecule has 192 valence electrons. The maximum absolute atomic E-state index is 13.2. The van der Waals surface area contributed by atoms with Gasteiger partial charge < -0.3 is 14.4 Å². The SMILES string of the molecule is Cc1cc2c(c(C)c1C)OC1(CCN(C(=O)OC(C)(C)C)CC1)C(C)C2OS(=O)(=O)C(F)(F)F. The Morgan fingerprint density at radius 3 is 2.18 bits per heavy atom. The van der Waals surface area contributed by atoms with Crippen molar-refractivity contribution in [2.24, 2.45) is 5.92 Å². The van der Waals surface area contributed by atoms with Gasteiger partial charge in [0.1, 0.15) is 23.1 Å². The van der Waals surface area contributed by atoms with Gasteiger partial charge >= 0.3 is 21.7 Å². The van der Waals surface area contributed by atoms with E-state index in [9.17, 15) is 26.4 Å². The summed E-state index contributed by atoms with van der Waals surface area (Å²) < 4.78 is 80.4. The minimum Gasteiger partial charge on any atom is -0.486 e. The third kappa shape index (κ3) is 4.86. The molecule has 0 aromatic heterocycles. The molecule has 1 fully saturated rings. The van der Waals surface area contributed by atoms with Crippen LogP contribution in [0.3, 0.4) is 0 Å². The Morgan fingerprint density at radius 2 is 1.68 bits per heavy atom. The largest absolute Gasteiger partial charge is 0.523 e. The van der Waals surface area contributed by atoms with Crippen molar-refractivity contribution in [1.29, 1.82) is 0 Å². The first kappa shape index (κ1) is 26.6. The first-order valence-electron chi connectivity index (χ1n) is 11.2. The molecule has 1 spiro atoms. The van der Waals surface area contributed by atoms with E-state index in [0.717, 1.165) is 11.1 Å². The Morgan fingerprint density at radius 1 is 1.12 bits per heavy atom. The molecule has 0 N–H and O–H groups in total. The smallest absolute Gasteiger partial charge is 0.486 e. The van der Waals surface area contributed by atoms with E-state index in [4.69, 9.17) is 13.7 Å². The van der Waals surface area contributed by atoms with Crippen molar-refractivity contribution < 1.29 is 40.0 Å². The van der Waals surface area contributed by atoms with Crippen LogP contribution >= 0.6 is 0 Å². The number of halogens is 3. The summed E-state index contributed by atoms with van der Waals surface area (Å²) in [5.74, 6) is -0.395. The second-order valence-corrected chi connectivity index (χ2v) is 11.8. The van der Waals surface area contributed by atoms with Crippen LogP contribution in [0.2, 0.25) is 0 Å². The summed E-state index contributed by atoms with van der Waals surface area (Å²) in [4.78, 5) is 14.0. The molecular weight excluding hydrogens is 475 g/mol. The molecule has 1 aromatic carbocycles. The van der Waals surface area contributed by atoms with Crippen molar-refractivity contribution in [3.63, 3.8) is 0 Å². The Labute approximate surface area is 198 Å². The van der Waals surface area contributed by atoms with Crippen LogP contribution in [0, 0.1) is 26.7 Å². The van der Waals surface area contributed by atoms with Crippen molar-refractivity contribution in [2.45, 2.75) is 84.1 Å². The Hall–Kier alpha value is -2.01. The lowest BCUT2D eigenvalue weighted by Crippen LogP contribution is -2.57. The van der Waals surface area contributed by atoms with Crippen LogP contribution in [-0.4, -0.2) is 49.2 Å². The van der Waals surface area contributed by atoms with Gasteiger partial charge in [-0.3, -0.25) is 4.18 Å². The van der Waals surface area contributed by atoms with Crippen LogP contribution in [0.25, 0.3) is 0 Å². The summed E-state index contributed by atoms with van der Waals surface area (Å²) in [7, 11) is -5.85. The summed E-state index contributed by atoms with van der Waals surface area (Å²) in [5, 5.41) is 0. The van der Waals surface area contributed by atoms with E-state index in [1.807, 2.05) is 6.92 Å². The highest BCUT2D eigenvalue weighted by Crippen LogP contribution is 2.52. The lowest BCUT2D eigenvalue weighted by atomic mass is 9.73. The molecule has 2 atom stereocenters. The molecule has 3 rings (SSSR count). The van der Waals surface area contributed by atoms with E-state index >= 15 is 0 Å². The van der Waals surface area contributed by atoms with Crippen LogP contribution in [0.15, 0.2) is 6.07 Å². The van der Waals surface area contributed by atoms with Crippen LogP contribution in [0.4, 0.5) is 18.0 Å². The van der Waals surface area contributed by atoms with Crippen molar-refractivity contribution in [1.82, 2.24) is 4.90 Å². The maximum Gasteiger partial charge on any atom is 0.523 e. The molecule has 34 heavy (non-hydrogen) atoms. The van der Waals surface area contributed by atoms with Crippen molar-refractivity contribution >= 4 is 16.2 Å². The van der Waals surface area contributed by atoms with Crippen molar-refractivity contribution in [3.8, 4) is 5.75 Å². The fraction of sp³-hybridized carbons (Fsp3) is 0.696. The molecule has 0 aliphatic carbocycles. The van der Waals surface area contributed by atoms with E-state index in [2.05, 4.69) is 0 Å². The summed E-state index contributed by atoms with van der Waals surface area (Å²) in [5.41, 5.74) is -4.54. The van der Waals surface area contributed by atoms with Gasteiger partial charge in [-0.1, -0.05) is 6.92 Å². The molecule has 11 heteroatoms. The highest BCUT2D eigenvalue weighted by atomic mass is 32.2. The first-order valence-corrected chi connectivity index (χ1v) is 12.6. The van der Waals surface area contributed by atoms with Gasteiger partial charge in [-0.15, -0.1) is 0 Å². The predicted octanol–water partition coefficient (Wildman–Crippen LogP) is 5.32. The topological polar surface area (TPSA) is 82.1 Å². The molecule has 0 bridgehead atoms. The third-order valence-corrected chi connectivity index (χ3v) is 7.83. The molecule has 2 aliphatic heterocycles. The van der Waals surface area contributed by atoms with Crippen molar-refractivity contribution in [3.05, 3.63) is 28.3 Å². The van der Waals surface area contributed by atoms with E-state index in [1.54, 1.807) is 47.6 Å².